The number of nitrogens with zero attached hydrogens (tertiary/aromatic N) is 1. The van der Waals surface area contributed by atoms with Gasteiger partial charge >= 0.3 is 6.18 Å². The van der Waals surface area contributed by atoms with Crippen molar-refractivity contribution in [3.8, 4) is 0 Å². The first-order valence-corrected chi connectivity index (χ1v) is 5.47. The zero-order valence-electron chi connectivity index (χ0n) is 10.2. The van der Waals surface area contributed by atoms with E-state index in [0.717, 1.165) is 30.0 Å². The van der Waals surface area contributed by atoms with Gasteiger partial charge in [0.05, 0.1) is 6.61 Å². The van der Waals surface area contributed by atoms with Crippen LogP contribution in [0, 0.1) is 5.82 Å². The van der Waals surface area contributed by atoms with Crippen molar-refractivity contribution in [3.63, 3.8) is 0 Å². The summed E-state index contributed by atoms with van der Waals surface area (Å²) in [6.45, 7) is -0.987. The summed E-state index contributed by atoms with van der Waals surface area (Å²) >= 11 is 0. The van der Waals surface area contributed by atoms with Gasteiger partial charge in [0.15, 0.2) is 5.78 Å². The molecule has 0 unspecified atom stereocenters. The monoisotopic (exact) mass is 279 g/mol. The van der Waals surface area contributed by atoms with Crippen molar-refractivity contribution in [2.24, 2.45) is 0 Å². The van der Waals surface area contributed by atoms with Crippen LogP contribution in [0.5, 0.6) is 0 Å². The Hall–Kier alpha value is -1.63. The molecule has 0 amide bonds. The van der Waals surface area contributed by atoms with Gasteiger partial charge in [-0.15, -0.1) is 0 Å². The molecule has 0 aliphatic rings. The van der Waals surface area contributed by atoms with E-state index in [4.69, 9.17) is 5.11 Å². The Kier molecular flexibility index (Phi) is 4.88. The molecular formula is C12H13F4NO2. The molecule has 0 bridgehead atoms. The van der Waals surface area contributed by atoms with Crippen LogP contribution >= 0.6 is 0 Å². The van der Waals surface area contributed by atoms with Crippen LogP contribution in [0.1, 0.15) is 17.3 Å². The topological polar surface area (TPSA) is 40.5 Å². The normalized spacial score (nSPS) is 11.5. The fourth-order valence-electron chi connectivity index (χ4n) is 1.69. The Morgan fingerprint density at radius 3 is 2.47 bits per heavy atom. The second-order valence-corrected chi connectivity index (χ2v) is 3.98. The van der Waals surface area contributed by atoms with Gasteiger partial charge in [-0.1, -0.05) is 0 Å². The summed E-state index contributed by atoms with van der Waals surface area (Å²) in [5, 5.41) is 8.81. The van der Waals surface area contributed by atoms with Gasteiger partial charge in [0.1, 0.15) is 12.4 Å². The summed E-state index contributed by atoms with van der Waals surface area (Å²) in [6.07, 6.45) is -4.49. The van der Waals surface area contributed by atoms with E-state index in [-0.39, 0.29) is 17.8 Å². The van der Waals surface area contributed by atoms with Crippen molar-refractivity contribution in [3.05, 3.63) is 29.6 Å². The van der Waals surface area contributed by atoms with Crippen LogP contribution in [0.15, 0.2) is 18.2 Å². The number of anilines is 1. The Balaban J connectivity index is 3.18. The fourth-order valence-corrected chi connectivity index (χ4v) is 1.69. The van der Waals surface area contributed by atoms with Gasteiger partial charge in [-0.05, 0) is 25.1 Å². The second kappa shape index (κ2) is 6.01. The minimum absolute atomic E-state index is 0.0414. The Morgan fingerprint density at radius 1 is 1.37 bits per heavy atom. The molecule has 0 aliphatic heterocycles. The number of carbonyl (C=O) groups excluding carboxylic acids is 1. The number of hydrogen-bond donors (Lipinski definition) is 1. The third kappa shape index (κ3) is 4.51. The summed E-state index contributed by atoms with van der Waals surface area (Å²) in [6, 6.07) is 2.97. The van der Waals surface area contributed by atoms with Gasteiger partial charge < -0.3 is 10.0 Å². The highest BCUT2D eigenvalue weighted by molar-refractivity contribution is 5.99. The molecule has 106 valence electrons. The molecule has 3 nitrogen and oxygen atoms in total. The number of Topliss-reactive ketones (excluding diaryl/α,β-unsaturated/α-hetero) is 1. The quantitative estimate of drug-likeness (QED) is 0.664. The molecule has 0 atom stereocenters. The zero-order chi connectivity index (χ0) is 14.6. The van der Waals surface area contributed by atoms with Gasteiger partial charge in [-0.2, -0.15) is 13.2 Å². The highest BCUT2D eigenvalue weighted by Crippen LogP contribution is 2.26. The number of ketones is 1. The van der Waals surface area contributed by atoms with Crippen LogP contribution in [0.2, 0.25) is 0 Å². The predicted octanol–water partition coefficient (Wildman–Crippen LogP) is 2.39. The van der Waals surface area contributed by atoms with Crippen molar-refractivity contribution in [1.29, 1.82) is 0 Å². The van der Waals surface area contributed by atoms with Crippen LogP contribution in [-0.2, 0) is 0 Å². The molecule has 1 aromatic rings. The molecule has 0 aromatic heterocycles. The molecule has 0 saturated heterocycles. The fraction of sp³-hybridized carbons (Fsp3) is 0.417. The molecule has 1 aromatic carbocycles. The lowest BCUT2D eigenvalue weighted by atomic mass is 10.1. The number of hydrogen-bond acceptors (Lipinski definition) is 3. The summed E-state index contributed by atoms with van der Waals surface area (Å²) in [4.78, 5) is 12.2. The van der Waals surface area contributed by atoms with E-state index in [1.807, 2.05) is 0 Å². The molecule has 0 fully saturated rings. The number of carbonyl (C=O) groups is 1. The van der Waals surface area contributed by atoms with Gasteiger partial charge in [-0.3, -0.25) is 4.79 Å². The largest absolute Gasteiger partial charge is 0.405 e. The van der Waals surface area contributed by atoms with Crippen LogP contribution in [-0.4, -0.2) is 36.8 Å². The molecular weight excluding hydrogens is 266 g/mol. The summed E-state index contributed by atoms with van der Waals surface area (Å²) < 4.78 is 50.4. The standard InChI is InChI=1S/C12H13F4NO2/c1-8(19)10-6-9(13)2-3-11(10)17(4-5-18)7-12(14,15)16/h2-3,6,18H,4-5,7H2,1H3. The van der Waals surface area contributed by atoms with Gasteiger partial charge in [0.2, 0.25) is 0 Å². The van der Waals surface area contributed by atoms with Crippen molar-refractivity contribution in [2.45, 2.75) is 13.1 Å². The molecule has 0 aliphatic carbocycles. The average molecular weight is 279 g/mol. The number of alkyl halides is 3. The lowest BCUT2D eigenvalue weighted by Crippen LogP contribution is -2.37. The zero-order valence-corrected chi connectivity index (χ0v) is 10.2. The molecule has 7 heteroatoms. The molecule has 0 heterocycles. The van der Waals surface area contributed by atoms with E-state index in [1.54, 1.807) is 0 Å². The number of halogens is 4. The maximum Gasteiger partial charge on any atom is 0.405 e. The third-order valence-electron chi connectivity index (χ3n) is 2.42. The van der Waals surface area contributed by atoms with Gasteiger partial charge in [0, 0.05) is 17.8 Å². The van der Waals surface area contributed by atoms with Gasteiger partial charge in [0.25, 0.3) is 0 Å². The third-order valence-corrected chi connectivity index (χ3v) is 2.42. The highest BCUT2D eigenvalue weighted by atomic mass is 19.4. The Bertz CT molecular complexity index is 460. The van der Waals surface area contributed by atoms with E-state index >= 15 is 0 Å². The van der Waals surface area contributed by atoms with E-state index in [0.29, 0.717) is 0 Å². The van der Waals surface area contributed by atoms with E-state index in [9.17, 15) is 22.4 Å². The number of aliphatic hydroxyl groups is 1. The summed E-state index contributed by atoms with van der Waals surface area (Å²) in [5.41, 5.74) is -0.182. The van der Waals surface area contributed by atoms with Crippen LogP contribution < -0.4 is 4.90 Å². The molecule has 0 saturated carbocycles. The first-order chi connectivity index (χ1) is 8.74. The first kappa shape index (κ1) is 15.4. The number of aliphatic hydroxyl groups excluding tert-OH is 1. The molecule has 1 rings (SSSR count). The molecule has 19 heavy (non-hydrogen) atoms. The molecule has 0 radical (unpaired) electrons. The van der Waals surface area contributed by atoms with Crippen molar-refractivity contribution < 1.29 is 27.5 Å². The highest BCUT2D eigenvalue weighted by Gasteiger charge is 2.31. The Labute approximate surface area is 107 Å². The van der Waals surface area contributed by atoms with Crippen LogP contribution in [0.4, 0.5) is 23.2 Å². The van der Waals surface area contributed by atoms with Gasteiger partial charge in [-0.25, -0.2) is 4.39 Å². The Morgan fingerprint density at radius 2 is 2.00 bits per heavy atom. The molecule has 1 N–H and O–H groups in total. The minimum Gasteiger partial charge on any atom is -0.395 e. The van der Waals surface area contributed by atoms with Crippen LogP contribution in [0.3, 0.4) is 0 Å². The van der Waals surface area contributed by atoms with Crippen molar-refractivity contribution in [1.82, 2.24) is 0 Å². The lowest BCUT2D eigenvalue weighted by molar-refractivity contribution is -0.119. The smallest absolute Gasteiger partial charge is 0.395 e. The van der Waals surface area contributed by atoms with E-state index in [1.165, 1.54) is 0 Å². The van der Waals surface area contributed by atoms with Crippen molar-refractivity contribution >= 4 is 11.5 Å². The van der Waals surface area contributed by atoms with E-state index < -0.39 is 30.9 Å². The maximum absolute atomic E-state index is 13.1. The predicted molar refractivity (Wildman–Crippen MR) is 61.8 cm³/mol. The number of benzene rings is 1. The number of rotatable bonds is 5. The van der Waals surface area contributed by atoms with Crippen LogP contribution in [0.25, 0.3) is 0 Å². The minimum atomic E-state index is -4.49. The first-order valence-electron chi connectivity index (χ1n) is 5.47. The summed E-state index contributed by atoms with van der Waals surface area (Å²) in [5.74, 6) is -1.25. The molecule has 0 spiro atoms. The average Bonchev–Trinajstić information content (AvgIpc) is 2.26. The maximum atomic E-state index is 13.1. The lowest BCUT2D eigenvalue weighted by Gasteiger charge is -2.26. The van der Waals surface area contributed by atoms with E-state index in [2.05, 4.69) is 0 Å². The summed E-state index contributed by atoms with van der Waals surface area (Å²) in [7, 11) is 0. The second-order valence-electron chi connectivity index (χ2n) is 3.98. The van der Waals surface area contributed by atoms with Crippen molar-refractivity contribution in [2.75, 3.05) is 24.6 Å². The SMILES string of the molecule is CC(=O)c1cc(F)ccc1N(CCO)CC(F)(F)F.